The zero-order valence-corrected chi connectivity index (χ0v) is 25.7. The van der Waals surface area contributed by atoms with Gasteiger partial charge in [0.05, 0.1) is 23.4 Å². The van der Waals surface area contributed by atoms with Gasteiger partial charge in [-0.2, -0.15) is 0 Å². The number of nitrogens with one attached hydrogen (secondary N) is 1. The van der Waals surface area contributed by atoms with Gasteiger partial charge in [-0.25, -0.2) is 18.7 Å². The predicted molar refractivity (Wildman–Crippen MR) is 162 cm³/mol. The van der Waals surface area contributed by atoms with E-state index in [1.807, 2.05) is 27.7 Å². The quantitative estimate of drug-likeness (QED) is 0.270. The van der Waals surface area contributed by atoms with Crippen molar-refractivity contribution in [2.45, 2.75) is 78.9 Å². The van der Waals surface area contributed by atoms with Crippen LogP contribution in [0.15, 0.2) is 23.8 Å². The summed E-state index contributed by atoms with van der Waals surface area (Å²) in [5.41, 5.74) is 4.48. The van der Waals surface area contributed by atoms with Crippen molar-refractivity contribution in [3.63, 3.8) is 0 Å². The van der Waals surface area contributed by atoms with Crippen molar-refractivity contribution < 1.29 is 18.6 Å². The van der Waals surface area contributed by atoms with Gasteiger partial charge in [-0.15, -0.1) is 0 Å². The second kappa shape index (κ2) is 12.7. The number of ether oxygens (including phenoxy) is 1. The molecule has 1 aliphatic heterocycles. The van der Waals surface area contributed by atoms with Gasteiger partial charge in [0, 0.05) is 47.0 Å². The molecule has 224 valence electrons. The van der Waals surface area contributed by atoms with E-state index in [9.17, 15) is 13.9 Å². The number of rotatable bonds is 12. The number of alkyl halides is 2. The van der Waals surface area contributed by atoms with E-state index < -0.39 is 12.5 Å². The van der Waals surface area contributed by atoms with Crippen LogP contribution in [0.3, 0.4) is 0 Å². The van der Waals surface area contributed by atoms with Crippen LogP contribution in [0.4, 0.5) is 14.6 Å². The van der Waals surface area contributed by atoms with Crippen LogP contribution in [0.2, 0.25) is 5.02 Å². The number of allylic oxidation sites excluding steroid dienone is 2. The number of anilines is 1. The highest BCUT2D eigenvalue weighted by atomic mass is 35.5. The van der Waals surface area contributed by atoms with Crippen LogP contribution in [-0.2, 0) is 0 Å². The van der Waals surface area contributed by atoms with Gasteiger partial charge in [0.1, 0.15) is 18.2 Å². The maximum Gasteiger partial charge on any atom is 0.251 e. The van der Waals surface area contributed by atoms with Crippen molar-refractivity contribution >= 4 is 28.7 Å². The first-order valence-electron chi connectivity index (χ1n) is 14.3. The topological polar surface area (TPSA) is 85.6 Å². The first-order valence-corrected chi connectivity index (χ1v) is 14.7. The first-order chi connectivity index (χ1) is 19.3. The van der Waals surface area contributed by atoms with Gasteiger partial charge in [0.2, 0.25) is 0 Å². The molecule has 41 heavy (non-hydrogen) atoms. The summed E-state index contributed by atoms with van der Waals surface area (Å²) >= 11 is 6.67. The van der Waals surface area contributed by atoms with E-state index in [1.165, 1.54) is 0 Å². The second-order valence-corrected chi connectivity index (χ2v) is 12.4. The molecule has 1 aromatic carbocycles. The summed E-state index contributed by atoms with van der Waals surface area (Å²) < 4.78 is 31.6. The van der Waals surface area contributed by atoms with Crippen LogP contribution in [0.1, 0.15) is 64.6 Å². The van der Waals surface area contributed by atoms with Crippen LogP contribution < -0.4 is 9.64 Å². The van der Waals surface area contributed by atoms with Crippen molar-refractivity contribution in [2.24, 2.45) is 5.41 Å². The Balaban J connectivity index is 1.66. The van der Waals surface area contributed by atoms with Crippen molar-refractivity contribution in [3.8, 4) is 17.1 Å². The molecule has 10 heteroatoms. The number of benzene rings is 1. The first kappa shape index (κ1) is 31.3. The maximum absolute atomic E-state index is 12.9. The summed E-state index contributed by atoms with van der Waals surface area (Å²) in [5, 5.41) is 19.1. The summed E-state index contributed by atoms with van der Waals surface area (Å²) in [7, 11) is 1.78. The highest BCUT2D eigenvalue weighted by Crippen LogP contribution is 2.52. The molecule has 7 nitrogen and oxygen atoms in total. The molecule has 1 spiro atoms. The molecular weight excluding hydrogens is 548 g/mol. The SMILES string of the molecule is CCC[C@@H](O)COc1ccc(Cl)c(-c2nc(C(C(C)=N)=C(C)C)c(C)c(N3CC4(CC(N(C)CC(F)F)C4)C3)n2)c1. The maximum atomic E-state index is 12.9. The van der Waals surface area contributed by atoms with Gasteiger partial charge in [0.15, 0.2) is 5.82 Å². The van der Waals surface area contributed by atoms with Gasteiger partial charge in [-0.05, 0) is 72.2 Å². The average molecular weight is 590 g/mol. The molecule has 0 unspecified atom stereocenters. The minimum atomic E-state index is -2.33. The van der Waals surface area contributed by atoms with E-state index in [0.717, 1.165) is 54.9 Å². The molecule has 4 rings (SSSR count). The summed E-state index contributed by atoms with van der Waals surface area (Å²) in [6, 6.07) is 5.49. The molecule has 2 heterocycles. The molecule has 0 radical (unpaired) electrons. The van der Waals surface area contributed by atoms with Crippen LogP contribution in [0, 0.1) is 17.7 Å². The van der Waals surface area contributed by atoms with E-state index in [1.54, 1.807) is 37.1 Å². The third kappa shape index (κ3) is 6.89. The minimum Gasteiger partial charge on any atom is -0.491 e. The Morgan fingerprint density at radius 1 is 1.24 bits per heavy atom. The summed E-state index contributed by atoms with van der Waals surface area (Å²) in [6.45, 7) is 11.3. The number of hydrogen-bond donors (Lipinski definition) is 2. The lowest BCUT2D eigenvalue weighted by molar-refractivity contribution is -0.0292. The van der Waals surface area contributed by atoms with Gasteiger partial charge in [-0.3, -0.25) is 4.90 Å². The molecular formula is C31H42ClF2N5O2. The largest absolute Gasteiger partial charge is 0.491 e. The van der Waals surface area contributed by atoms with Crippen molar-refractivity contribution in [3.05, 3.63) is 40.1 Å². The third-order valence-electron chi connectivity index (χ3n) is 8.21. The lowest BCUT2D eigenvalue weighted by atomic mass is 9.60. The Labute approximate surface area is 247 Å². The normalized spacial score (nSPS) is 17.0. The highest BCUT2D eigenvalue weighted by Gasteiger charge is 2.54. The Morgan fingerprint density at radius 3 is 2.51 bits per heavy atom. The van der Waals surface area contributed by atoms with Gasteiger partial charge < -0.3 is 20.2 Å². The molecule has 0 amide bonds. The van der Waals surface area contributed by atoms with Crippen molar-refractivity contribution in [2.75, 3.05) is 38.2 Å². The second-order valence-electron chi connectivity index (χ2n) is 12.0. The zero-order chi connectivity index (χ0) is 30.1. The number of hydrogen-bond acceptors (Lipinski definition) is 7. The molecule has 1 atom stereocenters. The number of halogens is 3. The van der Waals surface area contributed by atoms with Crippen molar-refractivity contribution in [1.29, 1.82) is 5.41 Å². The predicted octanol–water partition coefficient (Wildman–Crippen LogP) is 6.64. The molecule has 0 bridgehead atoms. The average Bonchev–Trinajstić information content (AvgIpc) is 2.83. The van der Waals surface area contributed by atoms with Crippen LogP contribution >= 0.6 is 11.6 Å². The molecule has 1 saturated carbocycles. The Kier molecular flexibility index (Phi) is 9.71. The summed E-state index contributed by atoms with van der Waals surface area (Å²) in [6.07, 6.45) is 0.430. The zero-order valence-electron chi connectivity index (χ0n) is 24.9. The Hall–Kier alpha value is -2.62. The molecule has 2 aromatic rings. The fourth-order valence-electron chi connectivity index (χ4n) is 6.13. The molecule has 1 aromatic heterocycles. The van der Waals surface area contributed by atoms with Crippen LogP contribution in [-0.4, -0.2) is 77.5 Å². The lowest BCUT2D eigenvalue weighted by Gasteiger charge is -2.61. The third-order valence-corrected chi connectivity index (χ3v) is 8.54. The molecule has 2 aliphatic rings. The van der Waals surface area contributed by atoms with Crippen LogP contribution in [0.25, 0.3) is 17.0 Å². The summed E-state index contributed by atoms with van der Waals surface area (Å²) in [5.74, 6) is 1.80. The molecule has 2 N–H and O–H groups in total. The van der Waals surface area contributed by atoms with Gasteiger partial charge in [-0.1, -0.05) is 30.5 Å². The van der Waals surface area contributed by atoms with Gasteiger partial charge in [0.25, 0.3) is 6.43 Å². The van der Waals surface area contributed by atoms with E-state index in [0.29, 0.717) is 40.0 Å². The van der Waals surface area contributed by atoms with Crippen molar-refractivity contribution in [1.82, 2.24) is 14.9 Å². The molecule has 1 aliphatic carbocycles. The standard InChI is InChI=1S/C31H42ClF2N5O2/c1-7-8-22(40)15-41-23-9-10-25(32)24(11-23)29-36-28(27(18(2)3)20(5)35)19(4)30(37-29)39-16-31(17-39)12-21(13-31)38(6)14-26(33)34/h9-11,21-22,26,35,40H,7-8,12-17H2,1-6H3/t22-/m1/s1. The number of aliphatic hydroxyl groups is 1. The Morgan fingerprint density at radius 2 is 1.93 bits per heavy atom. The number of aromatic nitrogens is 2. The fraction of sp³-hybridized carbons (Fsp3) is 0.581. The lowest BCUT2D eigenvalue weighted by Crippen LogP contribution is -2.66. The highest BCUT2D eigenvalue weighted by molar-refractivity contribution is 6.33. The number of aliphatic hydroxyl groups excluding tert-OH is 1. The Bertz CT molecular complexity index is 1300. The number of nitrogens with zero attached hydrogens (tertiary/aromatic N) is 4. The van der Waals surface area contributed by atoms with E-state index >= 15 is 0 Å². The molecule has 1 saturated heterocycles. The van der Waals surface area contributed by atoms with E-state index in [2.05, 4.69) is 4.90 Å². The van der Waals surface area contributed by atoms with E-state index in [-0.39, 0.29) is 24.6 Å². The summed E-state index contributed by atoms with van der Waals surface area (Å²) in [4.78, 5) is 13.9. The van der Waals surface area contributed by atoms with Crippen LogP contribution in [0.5, 0.6) is 5.75 Å². The molecule has 2 fully saturated rings. The smallest absolute Gasteiger partial charge is 0.251 e. The minimum absolute atomic E-state index is 0.111. The fourth-order valence-corrected chi connectivity index (χ4v) is 6.33. The van der Waals surface area contributed by atoms with E-state index in [4.69, 9.17) is 31.7 Å². The monoisotopic (exact) mass is 589 g/mol. The van der Waals surface area contributed by atoms with Gasteiger partial charge >= 0.3 is 0 Å².